The maximum Gasteiger partial charge on any atom is 0.197 e. The Morgan fingerprint density at radius 2 is 2.10 bits per heavy atom. The maximum absolute atomic E-state index is 13.9. The SMILES string of the molecule is CCCNC(Cc1ccc(Cl)cc1F)c1ccoc1Cl. The summed E-state index contributed by atoms with van der Waals surface area (Å²) in [6.45, 7) is 2.89. The molecule has 0 saturated carbocycles. The Morgan fingerprint density at radius 3 is 2.70 bits per heavy atom. The van der Waals surface area contributed by atoms with Crippen LogP contribution in [0.1, 0.15) is 30.5 Å². The van der Waals surface area contributed by atoms with Crippen LogP contribution in [0.4, 0.5) is 4.39 Å². The van der Waals surface area contributed by atoms with Crippen LogP contribution in [-0.2, 0) is 6.42 Å². The Hall–Kier alpha value is -1.03. The number of benzene rings is 1. The van der Waals surface area contributed by atoms with Crippen molar-refractivity contribution >= 4 is 23.2 Å². The lowest BCUT2D eigenvalue weighted by molar-refractivity contribution is 0.502. The predicted octanol–water partition coefficient (Wildman–Crippen LogP) is 5.01. The zero-order valence-corrected chi connectivity index (χ0v) is 12.6. The van der Waals surface area contributed by atoms with E-state index in [4.69, 9.17) is 27.6 Å². The summed E-state index contributed by atoms with van der Waals surface area (Å²) in [4.78, 5) is 0. The van der Waals surface area contributed by atoms with Gasteiger partial charge in [0.05, 0.1) is 6.26 Å². The second-order valence-electron chi connectivity index (χ2n) is 4.60. The van der Waals surface area contributed by atoms with Crippen LogP contribution in [-0.4, -0.2) is 6.54 Å². The van der Waals surface area contributed by atoms with E-state index in [0.29, 0.717) is 22.2 Å². The molecule has 0 radical (unpaired) electrons. The molecule has 5 heteroatoms. The molecule has 1 heterocycles. The molecule has 0 fully saturated rings. The second-order valence-corrected chi connectivity index (χ2v) is 5.38. The summed E-state index contributed by atoms with van der Waals surface area (Å²) < 4.78 is 19.0. The minimum Gasteiger partial charge on any atom is -0.453 e. The monoisotopic (exact) mass is 315 g/mol. The quantitative estimate of drug-likeness (QED) is 0.810. The normalized spacial score (nSPS) is 12.6. The average Bonchev–Trinajstić information content (AvgIpc) is 2.83. The smallest absolute Gasteiger partial charge is 0.197 e. The molecular weight excluding hydrogens is 300 g/mol. The molecule has 2 nitrogen and oxygen atoms in total. The van der Waals surface area contributed by atoms with Crippen LogP contribution in [0.15, 0.2) is 34.9 Å². The summed E-state index contributed by atoms with van der Waals surface area (Å²) >= 11 is 11.8. The molecule has 2 rings (SSSR count). The highest BCUT2D eigenvalue weighted by atomic mass is 35.5. The van der Waals surface area contributed by atoms with E-state index in [-0.39, 0.29) is 11.9 Å². The average molecular weight is 316 g/mol. The van der Waals surface area contributed by atoms with Gasteiger partial charge in [-0.2, -0.15) is 0 Å². The zero-order valence-electron chi connectivity index (χ0n) is 11.1. The predicted molar refractivity (Wildman–Crippen MR) is 79.9 cm³/mol. The highest BCUT2D eigenvalue weighted by Crippen LogP contribution is 2.28. The Morgan fingerprint density at radius 1 is 1.30 bits per heavy atom. The summed E-state index contributed by atoms with van der Waals surface area (Å²) in [6, 6.07) is 6.44. The van der Waals surface area contributed by atoms with Gasteiger partial charge in [-0.3, -0.25) is 0 Å². The highest BCUT2D eigenvalue weighted by Gasteiger charge is 2.18. The van der Waals surface area contributed by atoms with Crippen LogP contribution in [0, 0.1) is 5.82 Å². The molecule has 0 bridgehead atoms. The van der Waals surface area contributed by atoms with Crippen LogP contribution >= 0.6 is 23.2 Å². The third-order valence-electron chi connectivity index (χ3n) is 3.10. The fourth-order valence-electron chi connectivity index (χ4n) is 2.07. The third kappa shape index (κ3) is 3.75. The van der Waals surface area contributed by atoms with Crippen molar-refractivity contribution in [3.8, 4) is 0 Å². The van der Waals surface area contributed by atoms with Gasteiger partial charge in [0.1, 0.15) is 5.82 Å². The lowest BCUT2D eigenvalue weighted by Gasteiger charge is -2.18. The van der Waals surface area contributed by atoms with Crippen molar-refractivity contribution in [2.24, 2.45) is 0 Å². The second kappa shape index (κ2) is 7.11. The van der Waals surface area contributed by atoms with Gasteiger partial charge >= 0.3 is 0 Å². The lowest BCUT2D eigenvalue weighted by atomic mass is 10.0. The molecule has 0 aliphatic rings. The van der Waals surface area contributed by atoms with E-state index in [1.54, 1.807) is 12.1 Å². The van der Waals surface area contributed by atoms with Gasteiger partial charge in [-0.15, -0.1) is 0 Å². The first-order valence-electron chi connectivity index (χ1n) is 6.52. The molecule has 0 aliphatic heterocycles. The van der Waals surface area contributed by atoms with Crippen molar-refractivity contribution in [3.63, 3.8) is 0 Å². The minimum absolute atomic E-state index is 0.0862. The molecule has 0 saturated heterocycles. The van der Waals surface area contributed by atoms with Crippen molar-refractivity contribution in [2.75, 3.05) is 6.54 Å². The van der Waals surface area contributed by atoms with E-state index in [2.05, 4.69) is 12.2 Å². The summed E-state index contributed by atoms with van der Waals surface area (Å²) in [5.41, 5.74) is 1.44. The van der Waals surface area contributed by atoms with Crippen LogP contribution in [0.25, 0.3) is 0 Å². The Kier molecular flexibility index (Phi) is 5.46. The molecule has 108 valence electrons. The minimum atomic E-state index is -0.305. The standard InChI is InChI=1S/C15H16Cl2FNO/c1-2-6-19-14(12-5-7-20-15(12)17)8-10-3-4-11(16)9-13(10)18/h3-5,7,9,14,19H,2,6,8H2,1H3. The molecule has 1 N–H and O–H groups in total. The largest absolute Gasteiger partial charge is 0.453 e. The van der Waals surface area contributed by atoms with Gasteiger partial charge in [0.25, 0.3) is 0 Å². The van der Waals surface area contributed by atoms with Crippen molar-refractivity contribution in [1.29, 1.82) is 0 Å². The van der Waals surface area contributed by atoms with Gasteiger partial charge in [0.2, 0.25) is 0 Å². The van der Waals surface area contributed by atoms with E-state index in [1.165, 1.54) is 12.3 Å². The first-order valence-corrected chi connectivity index (χ1v) is 7.27. The molecule has 1 unspecified atom stereocenters. The number of halogens is 3. The number of nitrogens with one attached hydrogen (secondary N) is 1. The maximum atomic E-state index is 13.9. The Labute approximate surface area is 127 Å². The summed E-state index contributed by atoms with van der Waals surface area (Å²) in [6.07, 6.45) is 3.01. The van der Waals surface area contributed by atoms with E-state index in [1.807, 2.05) is 6.07 Å². The van der Waals surface area contributed by atoms with Gasteiger partial charge in [-0.1, -0.05) is 24.6 Å². The molecule has 0 spiro atoms. The van der Waals surface area contributed by atoms with Gasteiger partial charge in [-0.05, 0) is 54.7 Å². The van der Waals surface area contributed by atoms with E-state index >= 15 is 0 Å². The van der Waals surface area contributed by atoms with E-state index in [9.17, 15) is 4.39 Å². The molecule has 1 aromatic carbocycles. The Bertz CT molecular complexity index is 571. The third-order valence-corrected chi connectivity index (χ3v) is 3.64. The molecule has 0 aliphatic carbocycles. The Balaban J connectivity index is 2.21. The van der Waals surface area contributed by atoms with Crippen molar-refractivity contribution in [1.82, 2.24) is 5.32 Å². The fraction of sp³-hybridized carbons (Fsp3) is 0.333. The van der Waals surface area contributed by atoms with Gasteiger partial charge in [-0.25, -0.2) is 4.39 Å². The topological polar surface area (TPSA) is 25.2 Å². The van der Waals surface area contributed by atoms with Crippen LogP contribution in [0.5, 0.6) is 0 Å². The molecule has 2 aromatic rings. The number of rotatable bonds is 6. The van der Waals surface area contributed by atoms with E-state index < -0.39 is 0 Å². The van der Waals surface area contributed by atoms with Crippen molar-refractivity contribution in [2.45, 2.75) is 25.8 Å². The van der Waals surface area contributed by atoms with Gasteiger partial charge in [0, 0.05) is 16.6 Å². The van der Waals surface area contributed by atoms with Crippen LogP contribution < -0.4 is 5.32 Å². The number of hydrogen-bond acceptors (Lipinski definition) is 2. The molecular formula is C15H16Cl2FNO. The van der Waals surface area contributed by atoms with Gasteiger partial charge in [0.15, 0.2) is 5.22 Å². The fourth-order valence-corrected chi connectivity index (χ4v) is 2.48. The summed E-state index contributed by atoms with van der Waals surface area (Å²) in [5, 5.41) is 4.09. The van der Waals surface area contributed by atoms with Crippen LogP contribution in [0.3, 0.4) is 0 Å². The zero-order chi connectivity index (χ0) is 14.5. The van der Waals surface area contributed by atoms with Gasteiger partial charge < -0.3 is 9.73 Å². The summed E-state index contributed by atoms with van der Waals surface area (Å²) in [7, 11) is 0. The first-order chi connectivity index (χ1) is 9.61. The van der Waals surface area contributed by atoms with Crippen molar-refractivity contribution in [3.05, 3.63) is 57.7 Å². The summed E-state index contributed by atoms with van der Waals surface area (Å²) in [5.74, 6) is -0.305. The van der Waals surface area contributed by atoms with E-state index in [0.717, 1.165) is 18.5 Å². The number of furan rings is 1. The molecule has 0 amide bonds. The first kappa shape index (κ1) is 15.4. The molecule has 20 heavy (non-hydrogen) atoms. The highest BCUT2D eigenvalue weighted by molar-refractivity contribution is 6.30. The van der Waals surface area contributed by atoms with Crippen LogP contribution in [0.2, 0.25) is 10.2 Å². The molecule has 1 aromatic heterocycles. The van der Waals surface area contributed by atoms with Crippen molar-refractivity contribution < 1.29 is 8.81 Å². The lowest BCUT2D eigenvalue weighted by Crippen LogP contribution is -2.24. The molecule has 1 atom stereocenters. The number of hydrogen-bond donors (Lipinski definition) is 1.